The van der Waals surface area contributed by atoms with Crippen molar-refractivity contribution >= 4 is 33.2 Å². The van der Waals surface area contributed by atoms with Crippen LogP contribution < -0.4 is 14.4 Å². The summed E-state index contributed by atoms with van der Waals surface area (Å²) in [6, 6.07) is 13.4. The molecular formula is C21H27ClN2O4S. The number of amides is 1. The highest BCUT2D eigenvalue weighted by Gasteiger charge is 2.31. The number of halogens is 1. The number of benzene rings is 2. The van der Waals surface area contributed by atoms with Crippen molar-refractivity contribution < 1.29 is 17.9 Å². The molecule has 0 fully saturated rings. The molecule has 2 rings (SSSR count). The number of nitrogens with zero attached hydrogens (tertiary/aromatic N) is 1. The van der Waals surface area contributed by atoms with Crippen molar-refractivity contribution in [1.29, 1.82) is 0 Å². The van der Waals surface area contributed by atoms with E-state index in [0.29, 0.717) is 23.7 Å². The van der Waals surface area contributed by atoms with Crippen LogP contribution in [-0.2, 0) is 21.2 Å². The minimum Gasteiger partial charge on any atom is -0.497 e. The first-order valence-electron chi connectivity index (χ1n) is 9.42. The molecule has 1 unspecified atom stereocenters. The molecule has 0 spiro atoms. The third-order valence-electron chi connectivity index (χ3n) is 4.49. The number of ether oxygens (including phenoxy) is 1. The maximum absolute atomic E-state index is 12.7. The summed E-state index contributed by atoms with van der Waals surface area (Å²) in [6.07, 6.45) is 2.97. The number of hydrogen-bond donors (Lipinski definition) is 1. The Labute approximate surface area is 177 Å². The van der Waals surface area contributed by atoms with Crippen molar-refractivity contribution in [2.45, 2.75) is 32.2 Å². The van der Waals surface area contributed by atoms with Crippen molar-refractivity contribution in [2.24, 2.45) is 0 Å². The summed E-state index contributed by atoms with van der Waals surface area (Å²) in [5, 5.41) is 3.27. The van der Waals surface area contributed by atoms with Gasteiger partial charge >= 0.3 is 0 Å². The lowest BCUT2D eigenvalue weighted by molar-refractivity contribution is -0.122. The van der Waals surface area contributed by atoms with E-state index in [9.17, 15) is 13.2 Å². The average molecular weight is 439 g/mol. The van der Waals surface area contributed by atoms with Crippen molar-refractivity contribution in [1.82, 2.24) is 5.32 Å². The Bertz CT molecular complexity index is 917. The van der Waals surface area contributed by atoms with Crippen molar-refractivity contribution in [3.63, 3.8) is 0 Å². The lowest BCUT2D eigenvalue weighted by Gasteiger charge is -2.30. The zero-order valence-corrected chi connectivity index (χ0v) is 18.5. The second-order valence-corrected chi connectivity index (χ2v) is 9.00. The molecule has 6 nitrogen and oxygen atoms in total. The Morgan fingerprint density at radius 3 is 2.45 bits per heavy atom. The van der Waals surface area contributed by atoms with Crippen LogP contribution in [0.4, 0.5) is 5.69 Å². The normalized spacial score (nSPS) is 12.3. The van der Waals surface area contributed by atoms with Gasteiger partial charge < -0.3 is 10.1 Å². The largest absolute Gasteiger partial charge is 0.497 e. The molecule has 158 valence electrons. The molecule has 2 aromatic carbocycles. The van der Waals surface area contributed by atoms with Gasteiger partial charge in [-0.15, -0.1) is 0 Å². The predicted octanol–water partition coefficient (Wildman–Crippen LogP) is 3.64. The van der Waals surface area contributed by atoms with Gasteiger partial charge in [0, 0.05) is 11.6 Å². The molecule has 0 heterocycles. The number of rotatable bonds is 10. The molecule has 1 N–H and O–H groups in total. The maximum atomic E-state index is 12.7. The van der Waals surface area contributed by atoms with Gasteiger partial charge in [0.05, 0.1) is 19.1 Å². The van der Waals surface area contributed by atoms with E-state index in [1.54, 1.807) is 38.3 Å². The zero-order valence-electron chi connectivity index (χ0n) is 16.9. The van der Waals surface area contributed by atoms with Gasteiger partial charge in [0.1, 0.15) is 11.8 Å². The van der Waals surface area contributed by atoms with E-state index in [1.807, 2.05) is 24.3 Å². The van der Waals surface area contributed by atoms with Gasteiger partial charge in [-0.1, -0.05) is 36.7 Å². The third-order valence-corrected chi connectivity index (χ3v) is 5.91. The average Bonchev–Trinajstić information content (AvgIpc) is 2.68. The number of hydrogen-bond acceptors (Lipinski definition) is 4. The molecule has 0 bridgehead atoms. The van der Waals surface area contributed by atoms with E-state index in [-0.39, 0.29) is 5.91 Å². The smallest absolute Gasteiger partial charge is 0.243 e. The lowest BCUT2D eigenvalue weighted by Crippen LogP contribution is -2.49. The quantitative estimate of drug-likeness (QED) is 0.574. The number of aryl methyl sites for hydroxylation is 1. The van der Waals surface area contributed by atoms with E-state index < -0.39 is 16.1 Å². The third kappa shape index (κ3) is 6.65. The summed E-state index contributed by atoms with van der Waals surface area (Å²) in [7, 11) is -2.05. The first-order chi connectivity index (χ1) is 13.8. The van der Waals surface area contributed by atoms with Gasteiger partial charge in [0.15, 0.2) is 0 Å². The summed E-state index contributed by atoms with van der Waals surface area (Å²) >= 11 is 6.02. The molecule has 0 aliphatic rings. The van der Waals surface area contributed by atoms with Gasteiger partial charge in [0.2, 0.25) is 15.9 Å². The minimum atomic E-state index is -3.67. The highest BCUT2D eigenvalue weighted by Crippen LogP contribution is 2.25. The van der Waals surface area contributed by atoms with E-state index in [4.69, 9.17) is 16.3 Å². The van der Waals surface area contributed by atoms with Crippen molar-refractivity contribution in [3.8, 4) is 5.75 Å². The standard InChI is InChI=1S/C21H27ClN2O4S/c1-4-20(24(29(3,26)27)18-9-5-8-17(22)15-18)21(25)23-14-6-7-16-10-12-19(28-2)13-11-16/h5,8-13,15,20H,4,6-7,14H2,1-3H3,(H,23,25). The van der Waals surface area contributed by atoms with E-state index >= 15 is 0 Å². The fraction of sp³-hybridized carbons (Fsp3) is 0.381. The first kappa shape index (κ1) is 23.0. The van der Waals surface area contributed by atoms with Gasteiger partial charge in [-0.3, -0.25) is 9.10 Å². The molecule has 29 heavy (non-hydrogen) atoms. The summed E-state index contributed by atoms with van der Waals surface area (Å²) < 4.78 is 31.1. The van der Waals surface area contributed by atoms with Gasteiger partial charge in [-0.25, -0.2) is 8.42 Å². The Morgan fingerprint density at radius 1 is 1.21 bits per heavy atom. The molecule has 0 aliphatic carbocycles. The lowest BCUT2D eigenvalue weighted by atomic mass is 10.1. The molecule has 0 saturated carbocycles. The van der Waals surface area contributed by atoms with Crippen molar-refractivity contribution in [2.75, 3.05) is 24.2 Å². The Morgan fingerprint density at radius 2 is 1.90 bits per heavy atom. The predicted molar refractivity (Wildman–Crippen MR) is 117 cm³/mol. The van der Waals surface area contributed by atoms with Gasteiger partial charge in [-0.05, 0) is 55.2 Å². The van der Waals surface area contributed by atoms with Crippen LogP contribution >= 0.6 is 11.6 Å². The highest BCUT2D eigenvalue weighted by atomic mass is 35.5. The SMILES string of the molecule is CCC(C(=O)NCCCc1ccc(OC)cc1)N(c1cccc(Cl)c1)S(C)(=O)=O. The van der Waals surface area contributed by atoms with Crippen LogP contribution in [0.3, 0.4) is 0 Å². The number of sulfonamides is 1. The molecule has 0 radical (unpaired) electrons. The van der Waals surface area contributed by atoms with E-state index in [0.717, 1.165) is 34.7 Å². The maximum Gasteiger partial charge on any atom is 0.243 e. The van der Waals surface area contributed by atoms with Gasteiger partial charge in [-0.2, -0.15) is 0 Å². The molecule has 1 atom stereocenters. The van der Waals surface area contributed by atoms with Crippen LogP contribution in [0, 0.1) is 0 Å². The number of nitrogens with one attached hydrogen (secondary N) is 1. The van der Waals surface area contributed by atoms with E-state index in [2.05, 4.69) is 5.32 Å². The number of carbonyl (C=O) groups excluding carboxylic acids is 1. The van der Waals surface area contributed by atoms with Gasteiger partial charge in [0.25, 0.3) is 0 Å². The molecule has 1 amide bonds. The Hall–Kier alpha value is -2.25. The molecule has 8 heteroatoms. The topological polar surface area (TPSA) is 75.7 Å². The van der Waals surface area contributed by atoms with Crippen molar-refractivity contribution in [3.05, 3.63) is 59.1 Å². The molecule has 0 aliphatic heterocycles. The van der Waals surface area contributed by atoms with E-state index in [1.165, 1.54) is 0 Å². The van der Waals surface area contributed by atoms with Crippen LogP contribution in [0.5, 0.6) is 5.75 Å². The fourth-order valence-electron chi connectivity index (χ4n) is 3.09. The molecule has 2 aromatic rings. The fourth-order valence-corrected chi connectivity index (χ4v) is 4.48. The van der Waals surface area contributed by atoms with Crippen LogP contribution in [-0.4, -0.2) is 40.3 Å². The second-order valence-electron chi connectivity index (χ2n) is 6.71. The van der Waals surface area contributed by atoms with Crippen LogP contribution in [0.25, 0.3) is 0 Å². The number of carbonyl (C=O) groups is 1. The second kappa shape index (κ2) is 10.5. The summed E-state index contributed by atoms with van der Waals surface area (Å²) in [4.78, 5) is 12.7. The summed E-state index contributed by atoms with van der Waals surface area (Å²) in [5.41, 5.74) is 1.52. The Kier molecular flexibility index (Phi) is 8.34. The monoisotopic (exact) mass is 438 g/mol. The highest BCUT2D eigenvalue weighted by molar-refractivity contribution is 7.92. The first-order valence-corrected chi connectivity index (χ1v) is 11.6. The number of anilines is 1. The Balaban J connectivity index is 2.01. The summed E-state index contributed by atoms with van der Waals surface area (Å²) in [6.45, 7) is 2.23. The molecular weight excluding hydrogens is 412 g/mol. The van der Waals surface area contributed by atoms with Crippen LogP contribution in [0.15, 0.2) is 48.5 Å². The number of methoxy groups -OCH3 is 1. The summed E-state index contributed by atoms with van der Waals surface area (Å²) in [5.74, 6) is 0.474. The molecule has 0 aromatic heterocycles. The zero-order chi connectivity index (χ0) is 21.4. The minimum absolute atomic E-state index is 0.326. The van der Waals surface area contributed by atoms with Crippen LogP contribution in [0.2, 0.25) is 5.02 Å². The van der Waals surface area contributed by atoms with Crippen LogP contribution in [0.1, 0.15) is 25.3 Å². The molecule has 0 saturated heterocycles.